The van der Waals surface area contributed by atoms with E-state index in [1.165, 1.54) is 0 Å². The third-order valence-electron chi connectivity index (χ3n) is 2.00. The van der Waals surface area contributed by atoms with Gasteiger partial charge in [0.1, 0.15) is 4.67 Å². The van der Waals surface area contributed by atoms with Crippen LogP contribution < -0.4 is 10.0 Å². The zero-order valence-corrected chi connectivity index (χ0v) is 8.19. The Hall–Kier alpha value is -0.700. The fourth-order valence-corrected chi connectivity index (χ4v) is 2.10. The lowest BCUT2D eigenvalue weighted by molar-refractivity contribution is 0.620. The van der Waals surface area contributed by atoms with Gasteiger partial charge in [-0.05, 0) is 19.3 Å². The van der Waals surface area contributed by atoms with Crippen LogP contribution in [0.2, 0.25) is 0 Å². The van der Waals surface area contributed by atoms with E-state index >= 15 is 0 Å². The van der Waals surface area contributed by atoms with Crippen molar-refractivity contribution in [1.29, 1.82) is 0 Å². The summed E-state index contributed by atoms with van der Waals surface area (Å²) in [6.45, 7) is 5.21. The average molecular weight is 180 g/mol. The molecule has 0 N–H and O–H groups in total. The molecule has 1 unspecified atom stereocenters. The van der Waals surface area contributed by atoms with Crippen LogP contribution in [0, 0.1) is 12.8 Å². The van der Waals surface area contributed by atoms with Gasteiger partial charge in [0.05, 0.1) is 10.4 Å². The Morgan fingerprint density at radius 2 is 2.42 bits per heavy atom. The van der Waals surface area contributed by atoms with Crippen LogP contribution in [-0.4, -0.2) is 11.5 Å². The Balaban J connectivity index is 2.59. The first-order valence-electron chi connectivity index (χ1n) is 4.24. The predicted octanol–water partition coefficient (Wildman–Crippen LogP) is 0.891. The molecule has 0 amide bonds. The van der Waals surface area contributed by atoms with Crippen LogP contribution in [0.3, 0.4) is 0 Å². The highest BCUT2D eigenvalue weighted by molar-refractivity contribution is 7.09. The summed E-state index contributed by atoms with van der Waals surface area (Å²) in [7, 11) is 0. The zero-order chi connectivity index (χ0) is 8.55. The van der Waals surface area contributed by atoms with Crippen LogP contribution in [0.15, 0.2) is 4.99 Å². The lowest BCUT2D eigenvalue weighted by Crippen LogP contribution is -2.20. The van der Waals surface area contributed by atoms with Gasteiger partial charge >= 0.3 is 0 Å². The maximum Gasteiger partial charge on any atom is 0.137 e. The highest BCUT2D eigenvalue weighted by Gasteiger charge is 2.04. The minimum atomic E-state index is 0.673. The molecule has 0 saturated carbocycles. The number of hydrogen-bond donors (Lipinski definition) is 0. The molecule has 0 bridgehead atoms. The summed E-state index contributed by atoms with van der Waals surface area (Å²) in [4.78, 5) is 8.93. The largest absolute Gasteiger partial charge is 0.272 e. The van der Waals surface area contributed by atoms with Crippen LogP contribution in [-0.2, 0) is 0 Å². The SMILES string of the molecule is Cc1nc2c(s1)=NCC(C)CC=2. The molecule has 1 aliphatic heterocycles. The van der Waals surface area contributed by atoms with E-state index in [4.69, 9.17) is 0 Å². The van der Waals surface area contributed by atoms with Crippen LogP contribution in [0.25, 0.3) is 6.08 Å². The van der Waals surface area contributed by atoms with E-state index in [1.807, 2.05) is 6.92 Å². The molecule has 3 heteroatoms. The van der Waals surface area contributed by atoms with Gasteiger partial charge in [0, 0.05) is 6.54 Å². The van der Waals surface area contributed by atoms with Crippen molar-refractivity contribution in [2.45, 2.75) is 20.3 Å². The van der Waals surface area contributed by atoms with Crippen LogP contribution in [0.5, 0.6) is 0 Å². The van der Waals surface area contributed by atoms with Crippen molar-refractivity contribution < 1.29 is 0 Å². The van der Waals surface area contributed by atoms with Gasteiger partial charge in [-0.1, -0.05) is 24.3 Å². The lowest BCUT2D eigenvalue weighted by atomic mass is 10.1. The molecular weight excluding hydrogens is 168 g/mol. The monoisotopic (exact) mass is 180 g/mol. The maximum atomic E-state index is 4.51. The third kappa shape index (κ3) is 1.41. The first kappa shape index (κ1) is 7.92. The number of fused-ring (bicyclic) bond motifs is 1. The number of nitrogens with zero attached hydrogens (tertiary/aromatic N) is 2. The van der Waals surface area contributed by atoms with Crippen LogP contribution in [0.4, 0.5) is 0 Å². The average Bonchev–Trinajstić information content (AvgIpc) is 2.31. The molecule has 64 valence electrons. The molecule has 1 aliphatic rings. The summed E-state index contributed by atoms with van der Waals surface area (Å²) in [6.07, 6.45) is 3.32. The minimum absolute atomic E-state index is 0.673. The number of thiazole rings is 1. The molecule has 0 radical (unpaired) electrons. The normalized spacial score (nSPS) is 22.0. The second-order valence-electron chi connectivity index (χ2n) is 3.31. The topological polar surface area (TPSA) is 25.2 Å². The van der Waals surface area contributed by atoms with Crippen molar-refractivity contribution in [3.05, 3.63) is 15.0 Å². The Kier molecular flexibility index (Phi) is 1.97. The van der Waals surface area contributed by atoms with Gasteiger partial charge in [0.15, 0.2) is 0 Å². The molecule has 0 saturated heterocycles. The lowest BCUT2D eigenvalue weighted by Gasteiger charge is -1.99. The van der Waals surface area contributed by atoms with E-state index in [0.29, 0.717) is 5.92 Å². The molecule has 2 nitrogen and oxygen atoms in total. The first-order valence-corrected chi connectivity index (χ1v) is 5.05. The second kappa shape index (κ2) is 2.98. The van der Waals surface area contributed by atoms with E-state index in [2.05, 4.69) is 23.0 Å². The van der Waals surface area contributed by atoms with Crippen LogP contribution >= 0.6 is 11.3 Å². The van der Waals surface area contributed by atoms with Crippen molar-refractivity contribution in [2.24, 2.45) is 10.9 Å². The molecule has 1 aromatic rings. The van der Waals surface area contributed by atoms with Gasteiger partial charge in [-0.3, -0.25) is 4.99 Å². The highest BCUT2D eigenvalue weighted by Crippen LogP contribution is 2.04. The number of rotatable bonds is 0. The minimum Gasteiger partial charge on any atom is -0.272 e. The van der Waals surface area contributed by atoms with E-state index < -0.39 is 0 Å². The first-order chi connectivity index (χ1) is 5.75. The number of aromatic nitrogens is 1. The molecule has 0 fully saturated rings. The van der Waals surface area contributed by atoms with Gasteiger partial charge in [-0.25, -0.2) is 4.98 Å². The molecule has 2 heterocycles. The Labute approximate surface area is 75.7 Å². The van der Waals surface area contributed by atoms with Crippen molar-refractivity contribution in [3.63, 3.8) is 0 Å². The van der Waals surface area contributed by atoms with Crippen molar-refractivity contribution in [1.82, 2.24) is 4.98 Å². The van der Waals surface area contributed by atoms with E-state index in [9.17, 15) is 0 Å². The molecule has 1 atom stereocenters. The van der Waals surface area contributed by atoms with Gasteiger partial charge in [0.2, 0.25) is 0 Å². The molecule has 0 spiro atoms. The quantitative estimate of drug-likeness (QED) is 0.582. The van der Waals surface area contributed by atoms with Gasteiger partial charge in [-0.2, -0.15) is 0 Å². The van der Waals surface area contributed by atoms with E-state index in [0.717, 1.165) is 28.0 Å². The number of aryl methyl sites for hydroxylation is 1. The predicted molar refractivity (Wildman–Crippen MR) is 50.7 cm³/mol. The van der Waals surface area contributed by atoms with Gasteiger partial charge in [-0.15, -0.1) is 0 Å². The number of hydrogen-bond acceptors (Lipinski definition) is 3. The maximum absolute atomic E-state index is 4.51. The highest BCUT2D eigenvalue weighted by atomic mass is 32.1. The van der Waals surface area contributed by atoms with E-state index in [1.54, 1.807) is 11.3 Å². The third-order valence-corrected chi connectivity index (χ3v) is 2.92. The van der Waals surface area contributed by atoms with Crippen molar-refractivity contribution in [2.75, 3.05) is 6.54 Å². The molecule has 1 aromatic heterocycles. The smallest absolute Gasteiger partial charge is 0.137 e. The second-order valence-corrected chi connectivity index (χ2v) is 4.49. The zero-order valence-electron chi connectivity index (χ0n) is 7.37. The molecule has 0 aromatic carbocycles. The molecule has 12 heavy (non-hydrogen) atoms. The summed E-state index contributed by atoms with van der Waals surface area (Å²) in [5.74, 6) is 0.673. The fraction of sp³-hybridized carbons (Fsp3) is 0.556. The van der Waals surface area contributed by atoms with Crippen molar-refractivity contribution in [3.8, 4) is 0 Å². The van der Waals surface area contributed by atoms with Crippen molar-refractivity contribution >= 4 is 17.4 Å². The molecular formula is C9H12N2S. The Bertz CT molecular complexity index is 356. The fourth-order valence-electron chi connectivity index (χ4n) is 1.30. The summed E-state index contributed by atoms with van der Waals surface area (Å²) in [6, 6.07) is 0. The summed E-state index contributed by atoms with van der Waals surface area (Å²) in [5, 5.41) is 2.22. The van der Waals surface area contributed by atoms with E-state index in [-0.39, 0.29) is 0 Å². The summed E-state index contributed by atoms with van der Waals surface area (Å²) >= 11 is 1.70. The summed E-state index contributed by atoms with van der Waals surface area (Å²) < 4.78 is 1.12. The molecule has 0 aliphatic carbocycles. The standard InChI is InChI=1S/C9H12N2S/c1-6-3-4-8-9(10-5-6)12-7(2)11-8/h4,6H,3,5H2,1-2H3. The molecule has 2 rings (SSSR count). The Morgan fingerprint density at radius 3 is 3.25 bits per heavy atom. The summed E-state index contributed by atoms with van der Waals surface area (Å²) in [5.41, 5.74) is 0. The Morgan fingerprint density at radius 1 is 1.58 bits per heavy atom. The van der Waals surface area contributed by atoms with Crippen LogP contribution in [0.1, 0.15) is 18.4 Å². The van der Waals surface area contributed by atoms with Gasteiger partial charge in [0.25, 0.3) is 0 Å². The van der Waals surface area contributed by atoms with Gasteiger partial charge < -0.3 is 0 Å².